The monoisotopic (exact) mass is 372 g/mol. The van der Waals surface area contributed by atoms with Crippen molar-refractivity contribution in [3.63, 3.8) is 0 Å². The number of hydrogen-bond acceptors (Lipinski definition) is 4. The van der Waals surface area contributed by atoms with Gasteiger partial charge in [-0.1, -0.05) is 37.3 Å². The van der Waals surface area contributed by atoms with Crippen LogP contribution >= 0.6 is 0 Å². The second-order valence-electron chi connectivity index (χ2n) is 6.50. The summed E-state index contributed by atoms with van der Waals surface area (Å²) >= 11 is 0. The van der Waals surface area contributed by atoms with E-state index in [0.29, 0.717) is 19.6 Å². The maximum Gasteiger partial charge on any atom is 0.249 e. The Bertz CT molecular complexity index is 727. The third kappa shape index (κ3) is 6.57. The molecule has 6 heteroatoms. The second kappa shape index (κ2) is 10.5. The molecule has 2 rings (SSSR count). The number of hydrogen-bond donors (Lipinski definition) is 0. The molecule has 0 aliphatic heterocycles. The third-order valence-electron chi connectivity index (χ3n) is 4.15. The first-order valence-electron chi connectivity index (χ1n) is 9.17. The van der Waals surface area contributed by atoms with Gasteiger partial charge in [0.25, 0.3) is 0 Å². The maximum atomic E-state index is 13.0. The minimum atomic E-state index is -0.179. The van der Waals surface area contributed by atoms with Crippen molar-refractivity contribution in [1.29, 1.82) is 0 Å². The number of ether oxygens (including phenoxy) is 1. The van der Waals surface area contributed by atoms with Crippen LogP contribution in [-0.2, 0) is 27.4 Å². The lowest BCUT2D eigenvalue weighted by Crippen LogP contribution is -2.43. The lowest BCUT2D eigenvalue weighted by atomic mass is 10.2. The molecule has 146 valence electrons. The molecule has 0 atom stereocenters. The fourth-order valence-corrected chi connectivity index (χ4v) is 2.83. The predicted octanol–water partition coefficient (Wildman–Crippen LogP) is 3.00. The Labute approximate surface area is 160 Å². The molecule has 1 aromatic heterocycles. The van der Waals surface area contributed by atoms with Crippen molar-refractivity contribution < 1.29 is 18.7 Å². The summed E-state index contributed by atoms with van der Waals surface area (Å²) in [5, 5.41) is 0. The van der Waals surface area contributed by atoms with Crippen LogP contribution in [-0.4, -0.2) is 48.4 Å². The van der Waals surface area contributed by atoms with Crippen molar-refractivity contribution in [2.45, 2.75) is 33.4 Å². The molecule has 1 aromatic carbocycles. The van der Waals surface area contributed by atoms with Gasteiger partial charge < -0.3 is 19.0 Å². The number of aryl methyl sites for hydroxylation is 1. The molecule has 0 saturated heterocycles. The van der Waals surface area contributed by atoms with E-state index in [4.69, 9.17) is 9.15 Å². The molecule has 0 unspecified atom stereocenters. The van der Waals surface area contributed by atoms with Crippen molar-refractivity contribution in [1.82, 2.24) is 9.80 Å². The molecule has 0 aliphatic carbocycles. The molecule has 2 aromatic rings. The number of rotatable bonds is 10. The van der Waals surface area contributed by atoms with E-state index in [1.54, 1.807) is 9.80 Å². The molecule has 0 saturated carbocycles. The van der Waals surface area contributed by atoms with E-state index in [1.807, 2.05) is 56.3 Å². The molecule has 6 nitrogen and oxygen atoms in total. The first-order chi connectivity index (χ1) is 13.0. The van der Waals surface area contributed by atoms with E-state index in [1.165, 1.54) is 7.11 Å². The minimum absolute atomic E-state index is 0.0245. The summed E-state index contributed by atoms with van der Waals surface area (Å²) in [5.41, 5.74) is 1.03. The second-order valence-corrected chi connectivity index (χ2v) is 6.50. The van der Waals surface area contributed by atoms with Crippen LogP contribution in [0.3, 0.4) is 0 Å². The van der Waals surface area contributed by atoms with Gasteiger partial charge in [0.15, 0.2) is 0 Å². The molecular formula is C21H28N2O4. The van der Waals surface area contributed by atoms with Gasteiger partial charge in [-0.25, -0.2) is 0 Å². The topological polar surface area (TPSA) is 63.0 Å². The minimum Gasteiger partial charge on any atom is -0.464 e. The highest BCUT2D eigenvalue weighted by molar-refractivity contribution is 5.85. The molecule has 0 bridgehead atoms. The summed E-state index contributed by atoms with van der Waals surface area (Å²) in [6.45, 7) is 5.20. The summed E-state index contributed by atoms with van der Waals surface area (Å²) in [6, 6.07) is 13.5. The Kier molecular flexibility index (Phi) is 8.07. The number of methoxy groups -OCH3 is 1. The van der Waals surface area contributed by atoms with Crippen molar-refractivity contribution in [2.75, 3.05) is 26.8 Å². The van der Waals surface area contributed by atoms with Crippen LogP contribution < -0.4 is 0 Å². The number of amides is 2. The Morgan fingerprint density at radius 2 is 1.74 bits per heavy atom. The number of benzene rings is 1. The highest BCUT2D eigenvalue weighted by Crippen LogP contribution is 2.14. The average molecular weight is 372 g/mol. The first-order valence-corrected chi connectivity index (χ1v) is 9.17. The van der Waals surface area contributed by atoms with Crippen LogP contribution in [0.15, 0.2) is 46.9 Å². The van der Waals surface area contributed by atoms with Crippen molar-refractivity contribution >= 4 is 11.8 Å². The van der Waals surface area contributed by atoms with Crippen molar-refractivity contribution in [2.24, 2.45) is 0 Å². The van der Waals surface area contributed by atoms with Crippen LogP contribution in [0.2, 0.25) is 0 Å². The van der Waals surface area contributed by atoms with Gasteiger partial charge >= 0.3 is 0 Å². The van der Waals surface area contributed by atoms with E-state index in [2.05, 4.69) is 0 Å². The largest absolute Gasteiger partial charge is 0.464 e. The third-order valence-corrected chi connectivity index (χ3v) is 4.15. The van der Waals surface area contributed by atoms with Gasteiger partial charge in [-0.05, 0) is 31.0 Å². The Hall–Kier alpha value is -2.60. The Morgan fingerprint density at radius 1 is 1.00 bits per heavy atom. The Balaban J connectivity index is 2.14. The van der Waals surface area contributed by atoms with Gasteiger partial charge in [0.05, 0.1) is 13.1 Å². The smallest absolute Gasteiger partial charge is 0.249 e. The van der Waals surface area contributed by atoms with Gasteiger partial charge in [-0.3, -0.25) is 9.59 Å². The van der Waals surface area contributed by atoms with Crippen molar-refractivity contribution in [3.8, 4) is 0 Å². The summed E-state index contributed by atoms with van der Waals surface area (Å²) < 4.78 is 10.6. The van der Waals surface area contributed by atoms with Crippen LogP contribution in [0.25, 0.3) is 0 Å². The van der Waals surface area contributed by atoms with Gasteiger partial charge in [-0.2, -0.15) is 0 Å². The molecule has 0 fully saturated rings. The van der Waals surface area contributed by atoms with E-state index in [-0.39, 0.29) is 25.0 Å². The molecule has 0 spiro atoms. The summed E-state index contributed by atoms with van der Waals surface area (Å²) in [6.07, 6.45) is 0.777. The molecule has 27 heavy (non-hydrogen) atoms. The highest BCUT2D eigenvalue weighted by Gasteiger charge is 2.22. The molecule has 1 heterocycles. The fourth-order valence-electron chi connectivity index (χ4n) is 2.83. The number of furan rings is 1. The summed E-state index contributed by atoms with van der Waals surface area (Å²) in [4.78, 5) is 28.5. The Morgan fingerprint density at radius 3 is 2.33 bits per heavy atom. The SMILES string of the molecule is CCCN(CC(=O)N(Cc1ccccc1)Cc1ccc(C)o1)C(=O)COC. The van der Waals surface area contributed by atoms with Crippen LogP contribution in [0.1, 0.15) is 30.4 Å². The van der Waals surface area contributed by atoms with E-state index in [9.17, 15) is 9.59 Å². The van der Waals surface area contributed by atoms with E-state index in [0.717, 1.165) is 23.5 Å². The number of nitrogens with zero attached hydrogens (tertiary/aromatic N) is 2. The van der Waals surface area contributed by atoms with Gasteiger partial charge in [0.1, 0.15) is 18.1 Å². The van der Waals surface area contributed by atoms with Crippen LogP contribution in [0, 0.1) is 6.92 Å². The van der Waals surface area contributed by atoms with Gasteiger partial charge in [0, 0.05) is 20.2 Å². The zero-order valence-corrected chi connectivity index (χ0v) is 16.3. The van der Waals surface area contributed by atoms with Crippen molar-refractivity contribution in [3.05, 3.63) is 59.5 Å². The van der Waals surface area contributed by atoms with E-state index >= 15 is 0 Å². The zero-order chi connectivity index (χ0) is 19.6. The summed E-state index contributed by atoms with van der Waals surface area (Å²) in [5.74, 6) is 1.23. The van der Waals surface area contributed by atoms with E-state index < -0.39 is 0 Å². The zero-order valence-electron chi connectivity index (χ0n) is 16.3. The van der Waals surface area contributed by atoms with Gasteiger partial charge in [-0.15, -0.1) is 0 Å². The predicted molar refractivity (Wildman–Crippen MR) is 103 cm³/mol. The molecule has 2 amide bonds. The normalized spacial score (nSPS) is 10.6. The highest BCUT2D eigenvalue weighted by atomic mass is 16.5. The number of carbonyl (C=O) groups excluding carboxylic acids is 2. The summed E-state index contributed by atoms with van der Waals surface area (Å²) in [7, 11) is 1.48. The van der Waals surface area contributed by atoms with Gasteiger partial charge in [0.2, 0.25) is 11.8 Å². The molecule has 0 N–H and O–H groups in total. The van der Waals surface area contributed by atoms with Crippen LogP contribution in [0.4, 0.5) is 0 Å². The molecule has 0 aliphatic rings. The average Bonchev–Trinajstić information content (AvgIpc) is 3.06. The lowest BCUT2D eigenvalue weighted by Gasteiger charge is -2.27. The molecule has 0 radical (unpaired) electrons. The lowest BCUT2D eigenvalue weighted by molar-refractivity contribution is -0.143. The molecular weight excluding hydrogens is 344 g/mol. The number of carbonyl (C=O) groups is 2. The standard InChI is InChI=1S/C21H28N2O4/c1-4-12-22(21(25)16-26-3)15-20(24)23(13-18-8-6-5-7-9-18)14-19-11-10-17(2)27-19/h5-11H,4,12-16H2,1-3H3. The fraction of sp³-hybridized carbons (Fsp3) is 0.429. The maximum absolute atomic E-state index is 13.0. The van der Waals surface area contributed by atoms with Crippen LogP contribution in [0.5, 0.6) is 0 Å². The first kappa shape index (κ1) is 20.7. The quantitative estimate of drug-likeness (QED) is 0.643.